The number of hydrogen-bond acceptors (Lipinski definition) is 3. The number of alkyl halides is 3. The molecule has 0 saturated heterocycles. The van der Waals surface area contributed by atoms with Gasteiger partial charge < -0.3 is 5.11 Å². The van der Waals surface area contributed by atoms with E-state index in [0.29, 0.717) is 6.20 Å². The minimum absolute atomic E-state index is 0.107. The molecule has 0 aromatic carbocycles. The van der Waals surface area contributed by atoms with Crippen LogP contribution in [0.4, 0.5) is 13.2 Å². The van der Waals surface area contributed by atoms with Crippen molar-refractivity contribution in [2.45, 2.75) is 17.6 Å². The van der Waals surface area contributed by atoms with Gasteiger partial charge in [-0.1, -0.05) is 11.6 Å². The van der Waals surface area contributed by atoms with E-state index in [4.69, 9.17) is 16.7 Å². The highest BCUT2D eigenvalue weighted by Crippen LogP contribution is 2.33. The van der Waals surface area contributed by atoms with Crippen LogP contribution in [0.3, 0.4) is 0 Å². The summed E-state index contributed by atoms with van der Waals surface area (Å²) in [6, 6.07) is 0.775. The third kappa shape index (κ3) is 4.43. The molecule has 1 aromatic heterocycles. The molecule has 0 aliphatic rings. The van der Waals surface area contributed by atoms with Crippen molar-refractivity contribution >= 4 is 29.3 Å². The van der Waals surface area contributed by atoms with E-state index < -0.39 is 17.7 Å². The fraction of sp³-hybridized carbons (Fsp3) is 0.333. The number of carboxylic acids is 1. The van der Waals surface area contributed by atoms with E-state index in [-0.39, 0.29) is 22.2 Å². The fourth-order valence-electron chi connectivity index (χ4n) is 0.922. The van der Waals surface area contributed by atoms with Gasteiger partial charge in [0.1, 0.15) is 5.03 Å². The molecule has 17 heavy (non-hydrogen) atoms. The Kier molecular flexibility index (Phi) is 4.64. The Bertz CT molecular complexity index is 425. The van der Waals surface area contributed by atoms with Crippen LogP contribution in [0.15, 0.2) is 17.3 Å². The Balaban J connectivity index is 2.73. The molecular weight excluding hydrogens is 279 g/mol. The molecule has 94 valence electrons. The highest BCUT2D eigenvalue weighted by atomic mass is 35.5. The van der Waals surface area contributed by atoms with Crippen LogP contribution in [0.2, 0.25) is 5.02 Å². The molecule has 1 aromatic rings. The lowest BCUT2D eigenvalue weighted by Gasteiger charge is -2.08. The van der Waals surface area contributed by atoms with Crippen LogP contribution in [0.1, 0.15) is 12.0 Å². The standard InChI is InChI=1S/C9H7ClF3NO2S/c10-6-3-5(9(11,12)13)4-14-8(6)17-2-1-7(15)16/h3-4H,1-2H2,(H,15,16). The summed E-state index contributed by atoms with van der Waals surface area (Å²) in [6.07, 6.45) is -3.92. The largest absolute Gasteiger partial charge is 0.481 e. The molecular formula is C9H7ClF3NO2S. The van der Waals surface area contributed by atoms with Crippen molar-refractivity contribution in [1.29, 1.82) is 0 Å². The van der Waals surface area contributed by atoms with Gasteiger partial charge in [0.15, 0.2) is 0 Å². The Labute approximate surface area is 104 Å². The number of thioether (sulfide) groups is 1. The first kappa shape index (κ1) is 14.1. The van der Waals surface area contributed by atoms with Gasteiger partial charge in [-0.25, -0.2) is 4.98 Å². The Morgan fingerprint density at radius 2 is 2.18 bits per heavy atom. The lowest BCUT2D eigenvalue weighted by atomic mass is 10.3. The van der Waals surface area contributed by atoms with Crippen LogP contribution in [0, 0.1) is 0 Å². The monoisotopic (exact) mass is 285 g/mol. The molecule has 0 unspecified atom stereocenters. The summed E-state index contributed by atoms with van der Waals surface area (Å²) < 4.78 is 36.8. The molecule has 1 rings (SSSR count). The quantitative estimate of drug-likeness (QED) is 0.862. The van der Waals surface area contributed by atoms with Crippen LogP contribution in [-0.2, 0) is 11.0 Å². The predicted molar refractivity (Wildman–Crippen MR) is 57.2 cm³/mol. The van der Waals surface area contributed by atoms with Gasteiger partial charge in [-0.2, -0.15) is 13.2 Å². The highest BCUT2D eigenvalue weighted by Gasteiger charge is 2.31. The normalized spacial score (nSPS) is 11.5. The molecule has 0 radical (unpaired) electrons. The van der Waals surface area contributed by atoms with Crippen LogP contribution in [0.5, 0.6) is 0 Å². The van der Waals surface area contributed by atoms with Gasteiger partial charge in [0.2, 0.25) is 0 Å². The van der Waals surface area contributed by atoms with Crippen LogP contribution in [-0.4, -0.2) is 21.8 Å². The maximum atomic E-state index is 12.3. The zero-order chi connectivity index (χ0) is 13.1. The van der Waals surface area contributed by atoms with Crippen molar-refractivity contribution in [3.63, 3.8) is 0 Å². The summed E-state index contributed by atoms with van der Waals surface area (Å²) in [7, 11) is 0. The number of carboxylic acid groups (broad SMARTS) is 1. The van der Waals surface area contributed by atoms with Gasteiger partial charge in [-0.05, 0) is 6.07 Å². The van der Waals surface area contributed by atoms with Crippen LogP contribution < -0.4 is 0 Å². The van der Waals surface area contributed by atoms with E-state index in [0.717, 1.165) is 17.8 Å². The first-order valence-corrected chi connectivity index (χ1v) is 5.74. The maximum absolute atomic E-state index is 12.3. The van der Waals surface area contributed by atoms with E-state index in [1.54, 1.807) is 0 Å². The maximum Gasteiger partial charge on any atom is 0.417 e. The Morgan fingerprint density at radius 3 is 2.65 bits per heavy atom. The van der Waals surface area contributed by atoms with Crippen LogP contribution in [0.25, 0.3) is 0 Å². The molecule has 1 N–H and O–H groups in total. The SMILES string of the molecule is O=C(O)CCSc1ncc(C(F)(F)F)cc1Cl. The summed E-state index contributed by atoms with van der Waals surface area (Å²) in [5.41, 5.74) is -0.926. The van der Waals surface area contributed by atoms with Crippen molar-refractivity contribution in [2.75, 3.05) is 5.75 Å². The van der Waals surface area contributed by atoms with E-state index in [1.807, 2.05) is 0 Å². The molecule has 0 saturated carbocycles. The van der Waals surface area contributed by atoms with E-state index in [2.05, 4.69) is 4.98 Å². The zero-order valence-electron chi connectivity index (χ0n) is 8.29. The molecule has 0 aliphatic heterocycles. The van der Waals surface area contributed by atoms with Gasteiger partial charge in [-0.3, -0.25) is 4.79 Å². The summed E-state index contributed by atoms with van der Waals surface area (Å²) in [4.78, 5) is 13.8. The summed E-state index contributed by atoms with van der Waals surface area (Å²) in [5, 5.41) is 8.46. The Morgan fingerprint density at radius 1 is 1.53 bits per heavy atom. The number of pyridine rings is 1. The van der Waals surface area contributed by atoms with Crippen molar-refractivity contribution in [3.8, 4) is 0 Å². The van der Waals surface area contributed by atoms with Crippen molar-refractivity contribution in [3.05, 3.63) is 22.8 Å². The number of aromatic nitrogens is 1. The van der Waals surface area contributed by atoms with E-state index >= 15 is 0 Å². The summed E-state index contributed by atoms with van der Waals surface area (Å²) in [5.74, 6) is -0.784. The number of halogens is 4. The lowest BCUT2D eigenvalue weighted by molar-refractivity contribution is -0.138. The van der Waals surface area contributed by atoms with Crippen molar-refractivity contribution < 1.29 is 23.1 Å². The highest BCUT2D eigenvalue weighted by molar-refractivity contribution is 7.99. The molecule has 0 atom stereocenters. The minimum Gasteiger partial charge on any atom is -0.481 e. The van der Waals surface area contributed by atoms with Gasteiger partial charge in [0.05, 0.1) is 17.0 Å². The summed E-state index contributed by atoms with van der Waals surface area (Å²) >= 11 is 6.62. The molecule has 0 fully saturated rings. The van der Waals surface area contributed by atoms with E-state index in [1.165, 1.54) is 0 Å². The van der Waals surface area contributed by atoms with Gasteiger partial charge in [0.25, 0.3) is 0 Å². The second-order valence-corrected chi connectivity index (χ2v) is 4.49. The number of nitrogens with zero attached hydrogens (tertiary/aromatic N) is 1. The van der Waals surface area contributed by atoms with Gasteiger partial charge in [-0.15, -0.1) is 11.8 Å². The average Bonchev–Trinajstić information content (AvgIpc) is 2.18. The Hall–Kier alpha value is -0.950. The number of aliphatic carboxylic acids is 1. The van der Waals surface area contributed by atoms with Crippen LogP contribution >= 0.6 is 23.4 Å². The average molecular weight is 286 g/mol. The zero-order valence-corrected chi connectivity index (χ0v) is 9.86. The topological polar surface area (TPSA) is 50.2 Å². The fourth-order valence-corrected chi connectivity index (χ4v) is 2.05. The number of hydrogen-bond donors (Lipinski definition) is 1. The molecule has 1 heterocycles. The smallest absolute Gasteiger partial charge is 0.417 e. The summed E-state index contributed by atoms with van der Waals surface area (Å²) in [6.45, 7) is 0. The third-order valence-electron chi connectivity index (χ3n) is 1.69. The number of carbonyl (C=O) groups is 1. The second kappa shape index (κ2) is 5.59. The predicted octanol–water partition coefficient (Wildman–Crippen LogP) is 3.32. The second-order valence-electron chi connectivity index (χ2n) is 3.00. The van der Waals surface area contributed by atoms with Gasteiger partial charge >= 0.3 is 12.1 Å². The molecule has 0 spiro atoms. The number of rotatable bonds is 4. The first-order valence-electron chi connectivity index (χ1n) is 4.38. The molecule has 3 nitrogen and oxygen atoms in total. The molecule has 0 bridgehead atoms. The molecule has 0 aliphatic carbocycles. The first-order chi connectivity index (χ1) is 7.80. The van der Waals surface area contributed by atoms with E-state index in [9.17, 15) is 18.0 Å². The minimum atomic E-state index is -4.49. The van der Waals surface area contributed by atoms with Gasteiger partial charge in [0, 0.05) is 11.9 Å². The molecule has 0 amide bonds. The molecule has 8 heteroatoms. The lowest BCUT2D eigenvalue weighted by Crippen LogP contribution is -2.05. The van der Waals surface area contributed by atoms with Crippen molar-refractivity contribution in [1.82, 2.24) is 4.98 Å². The van der Waals surface area contributed by atoms with Crippen molar-refractivity contribution in [2.24, 2.45) is 0 Å². The third-order valence-corrected chi connectivity index (χ3v) is 3.10.